The minimum Gasteiger partial charge on any atom is -0.381 e. The van der Waals surface area contributed by atoms with Crippen LogP contribution in [0.25, 0.3) is 0 Å². The van der Waals surface area contributed by atoms with Crippen molar-refractivity contribution < 1.29 is 9.47 Å². The lowest BCUT2D eigenvalue weighted by Gasteiger charge is -2.23. The molecule has 1 saturated heterocycles. The van der Waals surface area contributed by atoms with Gasteiger partial charge in [0, 0.05) is 25.8 Å². The maximum Gasteiger partial charge on any atom is 0.0723 e. The smallest absolute Gasteiger partial charge is 0.0723 e. The van der Waals surface area contributed by atoms with Crippen LogP contribution in [0.1, 0.15) is 37.8 Å². The van der Waals surface area contributed by atoms with E-state index in [4.69, 9.17) is 9.47 Å². The fraction of sp³-hybridized carbons (Fsp3) is 0.625. The summed E-state index contributed by atoms with van der Waals surface area (Å²) in [5.41, 5.74) is 2.63. The first-order chi connectivity index (χ1) is 9.25. The van der Waals surface area contributed by atoms with E-state index in [0.717, 1.165) is 32.6 Å². The largest absolute Gasteiger partial charge is 0.381 e. The van der Waals surface area contributed by atoms with Gasteiger partial charge in [-0.1, -0.05) is 38.1 Å². The topological polar surface area (TPSA) is 30.5 Å². The van der Waals surface area contributed by atoms with Crippen LogP contribution in [0.4, 0.5) is 0 Å². The predicted octanol–water partition coefficient (Wildman–Crippen LogP) is 2.88. The third-order valence-electron chi connectivity index (χ3n) is 3.46. The van der Waals surface area contributed by atoms with E-state index < -0.39 is 0 Å². The van der Waals surface area contributed by atoms with Gasteiger partial charge in [0.2, 0.25) is 0 Å². The van der Waals surface area contributed by atoms with Gasteiger partial charge in [0.05, 0.1) is 12.7 Å². The molecule has 1 heterocycles. The molecule has 0 bridgehead atoms. The van der Waals surface area contributed by atoms with Crippen molar-refractivity contribution in [3.8, 4) is 0 Å². The Kier molecular flexibility index (Phi) is 5.83. The molecular weight excluding hydrogens is 238 g/mol. The molecule has 1 N–H and O–H groups in total. The van der Waals surface area contributed by atoms with E-state index in [1.54, 1.807) is 0 Å². The van der Waals surface area contributed by atoms with Crippen molar-refractivity contribution in [1.82, 2.24) is 5.32 Å². The van der Waals surface area contributed by atoms with Crippen LogP contribution < -0.4 is 5.32 Å². The Labute approximate surface area is 116 Å². The first kappa shape index (κ1) is 14.5. The molecule has 0 atom stereocenters. The Morgan fingerprint density at radius 1 is 1.21 bits per heavy atom. The lowest BCUT2D eigenvalue weighted by Crippen LogP contribution is -2.24. The summed E-state index contributed by atoms with van der Waals surface area (Å²) >= 11 is 0. The van der Waals surface area contributed by atoms with Crippen molar-refractivity contribution >= 4 is 0 Å². The molecule has 1 fully saturated rings. The fourth-order valence-electron chi connectivity index (χ4n) is 2.24. The molecule has 106 valence electrons. The van der Waals surface area contributed by atoms with Gasteiger partial charge >= 0.3 is 0 Å². The Morgan fingerprint density at radius 2 is 1.89 bits per heavy atom. The molecule has 0 unspecified atom stereocenters. The molecule has 0 spiro atoms. The second kappa shape index (κ2) is 7.63. The Balaban J connectivity index is 1.87. The number of hydrogen-bond donors (Lipinski definition) is 1. The van der Waals surface area contributed by atoms with Crippen molar-refractivity contribution in [2.75, 3.05) is 13.2 Å². The highest BCUT2D eigenvalue weighted by Gasteiger charge is 2.14. The van der Waals surface area contributed by atoms with Crippen molar-refractivity contribution in [1.29, 1.82) is 0 Å². The van der Waals surface area contributed by atoms with E-state index in [-0.39, 0.29) is 0 Å². The molecule has 0 aliphatic carbocycles. The van der Waals surface area contributed by atoms with E-state index >= 15 is 0 Å². The van der Waals surface area contributed by atoms with E-state index in [2.05, 4.69) is 43.4 Å². The summed E-state index contributed by atoms with van der Waals surface area (Å²) in [6, 6.07) is 9.02. The molecule has 1 aliphatic rings. The monoisotopic (exact) mass is 263 g/mol. The van der Waals surface area contributed by atoms with Crippen molar-refractivity contribution in [2.45, 2.75) is 52.0 Å². The highest BCUT2D eigenvalue weighted by atomic mass is 16.5. The van der Waals surface area contributed by atoms with Crippen molar-refractivity contribution in [2.24, 2.45) is 0 Å². The van der Waals surface area contributed by atoms with Gasteiger partial charge in [-0.3, -0.25) is 0 Å². The predicted molar refractivity (Wildman–Crippen MR) is 77.0 cm³/mol. The van der Waals surface area contributed by atoms with E-state index in [1.165, 1.54) is 11.1 Å². The van der Waals surface area contributed by atoms with Crippen LogP contribution >= 0.6 is 0 Å². The number of hydrogen-bond acceptors (Lipinski definition) is 3. The molecule has 0 radical (unpaired) electrons. The molecule has 0 saturated carbocycles. The third-order valence-corrected chi connectivity index (χ3v) is 3.46. The van der Waals surface area contributed by atoms with Gasteiger partial charge < -0.3 is 14.8 Å². The first-order valence-corrected chi connectivity index (χ1v) is 7.25. The summed E-state index contributed by atoms with van der Waals surface area (Å²) in [6.45, 7) is 7.62. The molecule has 2 rings (SSSR count). The van der Waals surface area contributed by atoms with Crippen LogP contribution in [0.5, 0.6) is 0 Å². The number of rotatable bonds is 6. The second-order valence-electron chi connectivity index (χ2n) is 5.43. The minimum absolute atomic E-state index is 0.361. The van der Waals surface area contributed by atoms with Crippen LogP contribution in [0, 0.1) is 0 Å². The summed E-state index contributed by atoms with van der Waals surface area (Å²) in [4.78, 5) is 0. The summed E-state index contributed by atoms with van der Waals surface area (Å²) in [5, 5.41) is 3.46. The zero-order valence-corrected chi connectivity index (χ0v) is 12.0. The highest BCUT2D eigenvalue weighted by molar-refractivity contribution is 5.26. The van der Waals surface area contributed by atoms with Gasteiger partial charge in [0.1, 0.15) is 0 Å². The van der Waals surface area contributed by atoms with Crippen LogP contribution in [0.15, 0.2) is 24.3 Å². The highest BCUT2D eigenvalue weighted by Crippen LogP contribution is 2.16. The maximum atomic E-state index is 6.01. The molecule has 1 aliphatic heterocycles. The second-order valence-corrected chi connectivity index (χ2v) is 5.43. The van der Waals surface area contributed by atoms with E-state index in [9.17, 15) is 0 Å². The van der Waals surface area contributed by atoms with E-state index in [0.29, 0.717) is 18.8 Å². The zero-order valence-electron chi connectivity index (χ0n) is 12.0. The fourth-order valence-corrected chi connectivity index (χ4v) is 2.24. The van der Waals surface area contributed by atoms with Crippen LogP contribution in [-0.2, 0) is 22.6 Å². The van der Waals surface area contributed by atoms with Gasteiger partial charge in [0.15, 0.2) is 0 Å². The average molecular weight is 263 g/mol. The molecule has 19 heavy (non-hydrogen) atoms. The van der Waals surface area contributed by atoms with Gasteiger partial charge in [-0.25, -0.2) is 0 Å². The quantitative estimate of drug-likeness (QED) is 0.856. The minimum atomic E-state index is 0.361. The zero-order chi connectivity index (χ0) is 13.5. The molecule has 3 heteroatoms. The SMILES string of the molecule is CC(C)NCc1ccccc1COC1CCOCC1. The average Bonchev–Trinajstić information content (AvgIpc) is 2.45. The Morgan fingerprint density at radius 3 is 2.58 bits per heavy atom. The molecule has 1 aromatic rings. The summed E-state index contributed by atoms with van der Waals surface area (Å²) < 4.78 is 11.4. The standard InChI is InChI=1S/C16H25NO2/c1-13(2)17-11-14-5-3-4-6-15(14)12-19-16-7-9-18-10-8-16/h3-6,13,16-17H,7-12H2,1-2H3. The number of nitrogens with one attached hydrogen (secondary N) is 1. The van der Waals surface area contributed by atoms with Crippen molar-refractivity contribution in [3.05, 3.63) is 35.4 Å². The van der Waals surface area contributed by atoms with Gasteiger partial charge in [-0.05, 0) is 24.0 Å². The van der Waals surface area contributed by atoms with Crippen molar-refractivity contribution in [3.63, 3.8) is 0 Å². The molecule has 0 amide bonds. The molecule has 3 nitrogen and oxygen atoms in total. The number of ether oxygens (including phenoxy) is 2. The third kappa shape index (κ3) is 4.94. The summed E-state index contributed by atoms with van der Waals surface area (Å²) in [5.74, 6) is 0. The molecule has 1 aromatic carbocycles. The van der Waals surface area contributed by atoms with Crippen LogP contribution in [0.3, 0.4) is 0 Å². The number of benzene rings is 1. The van der Waals surface area contributed by atoms with E-state index in [1.807, 2.05) is 0 Å². The van der Waals surface area contributed by atoms with Crippen LogP contribution in [0.2, 0.25) is 0 Å². The van der Waals surface area contributed by atoms with Gasteiger partial charge in [-0.2, -0.15) is 0 Å². The summed E-state index contributed by atoms with van der Waals surface area (Å²) in [6.07, 6.45) is 2.40. The van der Waals surface area contributed by atoms with Gasteiger partial charge in [-0.15, -0.1) is 0 Å². The van der Waals surface area contributed by atoms with Crippen LogP contribution in [-0.4, -0.2) is 25.4 Å². The Hall–Kier alpha value is -0.900. The normalized spacial score (nSPS) is 17.0. The molecular formula is C16H25NO2. The first-order valence-electron chi connectivity index (χ1n) is 7.25. The summed E-state index contributed by atoms with van der Waals surface area (Å²) in [7, 11) is 0. The van der Waals surface area contributed by atoms with Gasteiger partial charge in [0.25, 0.3) is 0 Å². The lowest BCUT2D eigenvalue weighted by molar-refractivity contribution is -0.0392. The lowest BCUT2D eigenvalue weighted by atomic mass is 10.1. The molecule has 0 aromatic heterocycles. The Bertz CT molecular complexity index is 373. The maximum absolute atomic E-state index is 6.01.